The Balaban J connectivity index is 1.71. The lowest BCUT2D eigenvalue weighted by Gasteiger charge is -2.22. The third-order valence-corrected chi connectivity index (χ3v) is 4.24. The highest BCUT2D eigenvalue weighted by atomic mass is 16.2. The maximum absolute atomic E-state index is 12.6. The van der Waals surface area contributed by atoms with Gasteiger partial charge in [0.15, 0.2) is 0 Å². The molecule has 1 unspecified atom stereocenters. The van der Waals surface area contributed by atoms with Crippen LogP contribution in [0, 0.1) is 0 Å². The van der Waals surface area contributed by atoms with Gasteiger partial charge in [-0.05, 0) is 24.1 Å². The van der Waals surface area contributed by atoms with Crippen LogP contribution in [0.3, 0.4) is 0 Å². The van der Waals surface area contributed by atoms with Crippen molar-refractivity contribution in [2.75, 3.05) is 11.9 Å². The lowest BCUT2D eigenvalue weighted by atomic mass is 9.96. The smallest absolute Gasteiger partial charge is 0.232 e. The summed E-state index contributed by atoms with van der Waals surface area (Å²) in [5.74, 6) is -0.466. The van der Waals surface area contributed by atoms with Crippen LogP contribution >= 0.6 is 0 Å². The van der Waals surface area contributed by atoms with Crippen LogP contribution in [0.25, 0.3) is 0 Å². The number of rotatable bonds is 5. The number of hydrogen-bond donors (Lipinski definition) is 1. The number of nitrogens with zero attached hydrogens (tertiary/aromatic N) is 1. The van der Waals surface area contributed by atoms with E-state index in [-0.39, 0.29) is 24.2 Å². The molecule has 0 saturated carbocycles. The first-order chi connectivity index (χ1) is 11.2. The Morgan fingerprint density at radius 3 is 2.52 bits per heavy atom. The Hall–Kier alpha value is -2.62. The predicted octanol–water partition coefficient (Wildman–Crippen LogP) is 3.16. The van der Waals surface area contributed by atoms with Gasteiger partial charge in [-0.15, -0.1) is 0 Å². The monoisotopic (exact) mass is 308 g/mol. The summed E-state index contributed by atoms with van der Waals surface area (Å²) in [6.45, 7) is 3.17. The molecule has 2 amide bonds. The van der Waals surface area contributed by atoms with E-state index in [0.29, 0.717) is 13.1 Å². The van der Waals surface area contributed by atoms with Gasteiger partial charge in [0, 0.05) is 25.2 Å². The van der Waals surface area contributed by atoms with Gasteiger partial charge in [0.2, 0.25) is 11.8 Å². The van der Waals surface area contributed by atoms with Gasteiger partial charge in [0.25, 0.3) is 0 Å². The summed E-state index contributed by atoms with van der Waals surface area (Å²) >= 11 is 0. The number of para-hydroxylation sites is 1. The number of amides is 2. The van der Waals surface area contributed by atoms with Gasteiger partial charge in [0.1, 0.15) is 0 Å². The van der Waals surface area contributed by atoms with Crippen molar-refractivity contribution in [1.29, 1.82) is 0 Å². The van der Waals surface area contributed by atoms with Crippen LogP contribution in [-0.2, 0) is 16.1 Å². The highest BCUT2D eigenvalue weighted by molar-refractivity contribution is 6.04. The molecular weight excluding hydrogens is 288 g/mol. The molecule has 0 saturated heterocycles. The van der Waals surface area contributed by atoms with E-state index in [0.717, 1.165) is 16.8 Å². The van der Waals surface area contributed by atoms with Crippen molar-refractivity contribution >= 4 is 17.5 Å². The van der Waals surface area contributed by atoms with Crippen molar-refractivity contribution in [3.63, 3.8) is 0 Å². The molecule has 1 aliphatic heterocycles. The van der Waals surface area contributed by atoms with Crippen molar-refractivity contribution in [3.8, 4) is 0 Å². The van der Waals surface area contributed by atoms with Crippen LogP contribution in [0.15, 0.2) is 54.6 Å². The zero-order valence-electron chi connectivity index (χ0n) is 13.2. The van der Waals surface area contributed by atoms with Crippen molar-refractivity contribution in [2.24, 2.45) is 0 Å². The molecule has 2 aromatic carbocycles. The van der Waals surface area contributed by atoms with Gasteiger partial charge in [-0.2, -0.15) is 0 Å². The van der Waals surface area contributed by atoms with Gasteiger partial charge in [-0.1, -0.05) is 48.5 Å². The van der Waals surface area contributed by atoms with Crippen molar-refractivity contribution in [2.45, 2.75) is 25.8 Å². The topological polar surface area (TPSA) is 49.4 Å². The maximum Gasteiger partial charge on any atom is 0.232 e. The highest BCUT2D eigenvalue weighted by Crippen LogP contribution is 2.34. The molecule has 0 aliphatic carbocycles. The minimum atomic E-state index is -0.386. The SMILES string of the molecule is CCN(Cc1ccccc1)C(=O)CC1C(=O)Nc2ccccc21. The van der Waals surface area contributed by atoms with Gasteiger partial charge >= 0.3 is 0 Å². The van der Waals surface area contributed by atoms with Gasteiger partial charge in [-0.3, -0.25) is 9.59 Å². The lowest BCUT2D eigenvalue weighted by Crippen LogP contribution is -2.32. The summed E-state index contributed by atoms with van der Waals surface area (Å²) in [6.07, 6.45) is 0.212. The Bertz CT molecular complexity index is 712. The fourth-order valence-corrected chi connectivity index (χ4v) is 2.96. The number of carbonyl (C=O) groups is 2. The van der Waals surface area contributed by atoms with E-state index in [1.165, 1.54) is 0 Å². The first-order valence-electron chi connectivity index (χ1n) is 7.90. The van der Waals surface area contributed by atoms with E-state index < -0.39 is 0 Å². The molecule has 0 bridgehead atoms. The minimum Gasteiger partial charge on any atom is -0.339 e. The predicted molar refractivity (Wildman–Crippen MR) is 90.0 cm³/mol. The molecule has 0 radical (unpaired) electrons. The Morgan fingerprint density at radius 2 is 1.78 bits per heavy atom. The number of carbonyl (C=O) groups excluding carboxylic acids is 2. The molecule has 0 spiro atoms. The second-order valence-corrected chi connectivity index (χ2v) is 5.73. The Morgan fingerprint density at radius 1 is 1.09 bits per heavy atom. The number of fused-ring (bicyclic) bond motifs is 1. The number of nitrogens with one attached hydrogen (secondary N) is 1. The first-order valence-corrected chi connectivity index (χ1v) is 7.90. The molecular formula is C19H20N2O2. The number of anilines is 1. The average molecular weight is 308 g/mol. The third-order valence-electron chi connectivity index (χ3n) is 4.24. The number of hydrogen-bond acceptors (Lipinski definition) is 2. The van der Waals surface area contributed by atoms with Gasteiger partial charge in [-0.25, -0.2) is 0 Å². The summed E-state index contributed by atoms with van der Waals surface area (Å²) in [6, 6.07) is 17.5. The Kier molecular flexibility index (Phi) is 4.42. The molecule has 1 aliphatic rings. The van der Waals surface area contributed by atoms with Crippen LogP contribution in [0.1, 0.15) is 30.4 Å². The van der Waals surface area contributed by atoms with Crippen LogP contribution in [-0.4, -0.2) is 23.3 Å². The van der Waals surface area contributed by atoms with E-state index in [1.54, 1.807) is 4.90 Å². The standard InChI is InChI=1S/C19H20N2O2/c1-2-21(13-14-8-4-3-5-9-14)18(22)12-16-15-10-6-7-11-17(15)20-19(16)23/h3-11,16H,2,12-13H2,1H3,(H,20,23). The fraction of sp³-hybridized carbons (Fsp3) is 0.263. The quantitative estimate of drug-likeness (QED) is 0.922. The summed E-state index contributed by atoms with van der Waals surface area (Å²) in [7, 11) is 0. The van der Waals surface area contributed by atoms with E-state index in [9.17, 15) is 9.59 Å². The molecule has 0 aromatic heterocycles. The molecule has 4 nitrogen and oxygen atoms in total. The van der Waals surface area contributed by atoms with Crippen LogP contribution in [0.4, 0.5) is 5.69 Å². The molecule has 4 heteroatoms. The fourth-order valence-electron chi connectivity index (χ4n) is 2.96. The third kappa shape index (κ3) is 3.26. The van der Waals surface area contributed by atoms with E-state index in [1.807, 2.05) is 61.5 Å². The molecule has 23 heavy (non-hydrogen) atoms. The second-order valence-electron chi connectivity index (χ2n) is 5.73. The highest BCUT2D eigenvalue weighted by Gasteiger charge is 2.32. The zero-order valence-corrected chi connectivity index (χ0v) is 13.2. The lowest BCUT2D eigenvalue weighted by molar-refractivity contribution is -0.133. The van der Waals surface area contributed by atoms with Crippen molar-refractivity contribution < 1.29 is 9.59 Å². The minimum absolute atomic E-state index is 0.00760. The van der Waals surface area contributed by atoms with Crippen molar-refractivity contribution in [3.05, 3.63) is 65.7 Å². The van der Waals surface area contributed by atoms with Crippen LogP contribution < -0.4 is 5.32 Å². The first kappa shape index (κ1) is 15.3. The maximum atomic E-state index is 12.6. The summed E-state index contributed by atoms with van der Waals surface area (Å²) < 4.78 is 0. The molecule has 1 N–H and O–H groups in total. The molecule has 0 fully saturated rings. The van der Waals surface area contributed by atoms with Gasteiger partial charge in [0.05, 0.1) is 5.92 Å². The molecule has 118 valence electrons. The van der Waals surface area contributed by atoms with E-state index in [4.69, 9.17) is 0 Å². The largest absolute Gasteiger partial charge is 0.339 e. The molecule has 1 heterocycles. The zero-order chi connectivity index (χ0) is 16.2. The normalized spacial score (nSPS) is 15.9. The molecule has 1 atom stereocenters. The summed E-state index contributed by atoms with van der Waals surface area (Å²) in [5.41, 5.74) is 2.84. The van der Waals surface area contributed by atoms with E-state index in [2.05, 4.69) is 5.32 Å². The molecule has 2 aromatic rings. The summed E-state index contributed by atoms with van der Waals surface area (Å²) in [4.78, 5) is 26.6. The number of benzene rings is 2. The summed E-state index contributed by atoms with van der Waals surface area (Å²) in [5, 5.41) is 2.85. The van der Waals surface area contributed by atoms with Crippen LogP contribution in [0.5, 0.6) is 0 Å². The molecule has 3 rings (SSSR count). The van der Waals surface area contributed by atoms with E-state index >= 15 is 0 Å². The van der Waals surface area contributed by atoms with Gasteiger partial charge < -0.3 is 10.2 Å². The van der Waals surface area contributed by atoms with Crippen molar-refractivity contribution in [1.82, 2.24) is 4.90 Å². The second kappa shape index (κ2) is 6.65. The van der Waals surface area contributed by atoms with Crippen LogP contribution in [0.2, 0.25) is 0 Å². The average Bonchev–Trinajstić information content (AvgIpc) is 2.89. The Labute approximate surface area is 136 Å².